The molecule has 0 aliphatic carbocycles. The molecule has 0 spiro atoms. The van der Waals surface area contributed by atoms with Gasteiger partial charge in [-0.15, -0.1) is 13.2 Å². The van der Waals surface area contributed by atoms with Crippen LogP contribution in [0.3, 0.4) is 0 Å². The largest absolute Gasteiger partial charge is 0.574 e. The van der Waals surface area contributed by atoms with Crippen molar-refractivity contribution in [2.45, 2.75) is 45.9 Å². The average Bonchev–Trinajstić information content (AvgIpc) is 2.39. The van der Waals surface area contributed by atoms with Gasteiger partial charge >= 0.3 is 6.36 Å². The van der Waals surface area contributed by atoms with E-state index in [1.807, 2.05) is 6.92 Å². The summed E-state index contributed by atoms with van der Waals surface area (Å²) < 4.78 is 46.0. The van der Waals surface area contributed by atoms with E-state index >= 15 is 0 Å². The van der Waals surface area contributed by atoms with Crippen LogP contribution in [-0.4, -0.2) is 18.0 Å². The van der Waals surface area contributed by atoms with E-state index in [9.17, 15) is 13.2 Å². The lowest BCUT2D eigenvalue weighted by molar-refractivity contribution is -0.276. The van der Waals surface area contributed by atoms with Crippen molar-refractivity contribution < 1.29 is 22.6 Å². The van der Waals surface area contributed by atoms with Crippen molar-refractivity contribution in [2.75, 3.05) is 6.61 Å². The molecule has 6 heteroatoms. The maximum absolute atomic E-state index is 12.2. The van der Waals surface area contributed by atoms with Crippen LogP contribution in [0.1, 0.15) is 39.5 Å². The lowest BCUT2D eigenvalue weighted by Gasteiger charge is -2.17. The molecule has 0 bridgehead atoms. The maximum Gasteiger partial charge on any atom is 0.574 e. The summed E-state index contributed by atoms with van der Waals surface area (Å²) in [6.07, 6.45) is 0.576. The molecule has 0 fully saturated rings. The van der Waals surface area contributed by atoms with Crippen LogP contribution in [0.4, 0.5) is 13.2 Å². The van der Waals surface area contributed by atoms with Crippen molar-refractivity contribution >= 4 is 0 Å². The first-order valence-electron chi connectivity index (χ1n) is 6.79. The fourth-order valence-electron chi connectivity index (χ4n) is 1.78. The zero-order valence-corrected chi connectivity index (χ0v) is 11.7. The van der Waals surface area contributed by atoms with Gasteiger partial charge in [-0.1, -0.05) is 33.1 Å². The lowest BCUT2D eigenvalue weighted by Crippen LogP contribution is -2.19. The van der Waals surface area contributed by atoms with E-state index in [1.165, 1.54) is 18.3 Å². The summed E-state index contributed by atoms with van der Waals surface area (Å²) in [6, 6.07) is 2.95. The van der Waals surface area contributed by atoms with Crippen LogP contribution in [0.15, 0.2) is 18.3 Å². The second kappa shape index (κ2) is 7.97. The highest BCUT2D eigenvalue weighted by Gasteiger charge is 2.33. The Morgan fingerprint density at radius 1 is 1.30 bits per heavy atom. The summed E-state index contributed by atoms with van der Waals surface area (Å²) in [4.78, 5) is 3.56. The molecule has 0 amide bonds. The van der Waals surface area contributed by atoms with Gasteiger partial charge in [0.05, 0.1) is 6.61 Å². The van der Waals surface area contributed by atoms with Crippen LogP contribution in [0, 0.1) is 5.92 Å². The monoisotopic (exact) mass is 291 g/mol. The Hall–Kier alpha value is -1.46. The van der Waals surface area contributed by atoms with Crippen LogP contribution < -0.4 is 9.47 Å². The molecule has 0 aliphatic rings. The molecule has 3 nitrogen and oxygen atoms in total. The lowest BCUT2D eigenvalue weighted by atomic mass is 10.0. The number of pyridine rings is 1. The molecule has 1 aromatic heterocycles. The standard InChI is InChI=1S/C14H20F3NO2/c1-3-5-7-11(4-2)10-19-12-8-6-9-18-13(12)20-14(15,16)17/h6,8-9,11H,3-5,7,10H2,1-2H3. The Kier molecular flexibility index (Phi) is 6.61. The smallest absolute Gasteiger partial charge is 0.488 e. The van der Waals surface area contributed by atoms with Gasteiger partial charge in [-0.2, -0.15) is 0 Å². The Bertz CT molecular complexity index is 396. The fraction of sp³-hybridized carbons (Fsp3) is 0.643. The average molecular weight is 291 g/mol. The van der Waals surface area contributed by atoms with Crippen LogP contribution in [-0.2, 0) is 0 Å². The maximum atomic E-state index is 12.2. The summed E-state index contributed by atoms with van der Waals surface area (Å²) in [5, 5.41) is 0. The predicted octanol–water partition coefficient (Wildman–Crippen LogP) is 4.58. The summed E-state index contributed by atoms with van der Waals surface area (Å²) >= 11 is 0. The van der Waals surface area contributed by atoms with Gasteiger partial charge in [0.1, 0.15) is 0 Å². The Labute approximate surface area is 117 Å². The molecule has 1 aromatic rings. The first-order chi connectivity index (χ1) is 9.46. The second-order valence-electron chi connectivity index (χ2n) is 4.58. The number of hydrogen-bond donors (Lipinski definition) is 0. The number of rotatable bonds is 8. The number of alkyl halides is 3. The van der Waals surface area contributed by atoms with Gasteiger partial charge in [0.15, 0.2) is 5.75 Å². The SMILES string of the molecule is CCCCC(CC)COc1cccnc1OC(F)(F)F. The molecule has 1 unspecified atom stereocenters. The quantitative estimate of drug-likeness (QED) is 0.702. The summed E-state index contributed by atoms with van der Waals surface area (Å²) in [5.74, 6) is -0.181. The summed E-state index contributed by atoms with van der Waals surface area (Å²) in [7, 11) is 0. The molecule has 0 saturated carbocycles. The first-order valence-corrected chi connectivity index (χ1v) is 6.79. The van der Waals surface area contributed by atoms with Gasteiger partial charge in [0.2, 0.25) is 0 Å². The number of nitrogens with zero attached hydrogens (tertiary/aromatic N) is 1. The third-order valence-corrected chi connectivity index (χ3v) is 2.97. The number of ether oxygens (including phenoxy) is 2. The van der Waals surface area contributed by atoms with Crippen LogP contribution in [0.25, 0.3) is 0 Å². The molecular formula is C14H20F3NO2. The van der Waals surface area contributed by atoms with Gasteiger partial charge in [0, 0.05) is 6.20 Å². The Morgan fingerprint density at radius 3 is 2.65 bits per heavy atom. The van der Waals surface area contributed by atoms with E-state index in [2.05, 4.69) is 16.6 Å². The molecule has 0 radical (unpaired) electrons. The third kappa shape index (κ3) is 6.12. The van der Waals surface area contributed by atoms with E-state index in [4.69, 9.17) is 4.74 Å². The molecule has 114 valence electrons. The molecule has 1 rings (SSSR count). The molecule has 1 atom stereocenters. The normalized spacial score (nSPS) is 13.1. The van der Waals surface area contributed by atoms with Crippen molar-refractivity contribution in [1.29, 1.82) is 0 Å². The topological polar surface area (TPSA) is 31.4 Å². The molecule has 0 aromatic carbocycles. The summed E-state index contributed by atoms with van der Waals surface area (Å²) in [6.45, 7) is 4.51. The highest BCUT2D eigenvalue weighted by Crippen LogP contribution is 2.30. The highest BCUT2D eigenvalue weighted by molar-refractivity contribution is 5.32. The van der Waals surface area contributed by atoms with Gasteiger partial charge in [-0.25, -0.2) is 4.98 Å². The van der Waals surface area contributed by atoms with Gasteiger partial charge in [0.25, 0.3) is 5.88 Å². The van der Waals surface area contributed by atoms with E-state index < -0.39 is 12.2 Å². The fourth-order valence-corrected chi connectivity index (χ4v) is 1.78. The molecule has 1 heterocycles. The number of aromatic nitrogens is 1. The van der Waals surface area contributed by atoms with Crippen LogP contribution in [0.5, 0.6) is 11.6 Å². The minimum atomic E-state index is -4.77. The van der Waals surface area contributed by atoms with Crippen LogP contribution in [0.2, 0.25) is 0 Å². The van der Waals surface area contributed by atoms with Crippen molar-refractivity contribution in [3.05, 3.63) is 18.3 Å². The van der Waals surface area contributed by atoms with E-state index in [1.54, 1.807) is 0 Å². The molecule has 20 heavy (non-hydrogen) atoms. The van der Waals surface area contributed by atoms with E-state index in [0.717, 1.165) is 25.7 Å². The Morgan fingerprint density at radius 2 is 2.05 bits per heavy atom. The van der Waals surface area contributed by atoms with Gasteiger partial charge in [-0.05, 0) is 24.5 Å². The molecule has 0 saturated heterocycles. The summed E-state index contributed by atoms with van der Waals surface area (Å²) in [5.41, 5.74) is 0. The van der Waals surface area contributed by atoms with Crippen molar-refractivity contribution in [1.82, 2.24) is 4.98 Å². The number of halogens is 3. The van der Waals surface area contributed by atoms with Crippen molar-refractivity contribution in [3.8, 4) is 11.6 Å². The zero-order chi connectivity index (χ0) is 15.0. The third-order valence-electron chi connectivity index (χ3n) is 2.97. The number of hydrogen-bond acceptors (Lipinski definition) is 3. The predicted molar refractivity (Wildman–Crippen MR) is 69.7 cm³/mol. The Balaban J connectivity index is 2.62. The van der Waals surface area contributed by atoms with E-state index in [0.29, 0.717) is 12.5 Å². The minimum Gasteiger partial charge on any atom is -0.488 e. The first kappa shape index (κ1) is 16.6. The zero-order valence-electron chi connectivity index (χ0n) is 11.7. The molecule has 0 aliphatic heterocycles. The highest BCUT2D eigenvalue weighted by atomic mass is 19.4. The van der Waals surface area contributed by atoms with E-state index in [-0.39, 0.29) is 5.75 Å². The van der Waals surface area contributed by atoms with Gasteiger partial charge in [-0.3, -0.25) is 0 Å². The second-order valence-corrected chi connectivity index (χ2v) is 4.58. The van der Waals surface area contributed by atoms with Crippen LogP contribution >= 0.6 is 0 Å². The minimum absolute atomic E-state index is 0.0276. The number of unbranched alkanes of at least 4 members (excludes halogenated alkanes) is 1. The van der Waals surface area contributed by atoms with Gasteiger partial charge < -0.3 is 9.47 Å². The molecule has 0 N–H and O–H groups in total. The molecular weight excluding hydrogens is 271 g/mol. The van der Waals surface area contributed by atoms with Crippen molar-refractivity contribution in [3.63, 3.8) is 0 Å². The van der Waals surface area contributed by atoms with Crippen molar-refractivity contribution in [2.24, 2.45) is 5.92 Å².